The van der Waals surface area contributed by atoms with Crippen molar-refractivity contribution in [2.75, 3.05) is 7.05 Å². The number of hydrogen-bond donors (Lipinski definition) is 0. The lowest BCUT2D eigenvalue weighted by atomic mass is 10.00. The average Bonchev–Trinajstić information content (AvgIpc) is 2.80. The standard InChI is InChI=1S/C16H22F2N2O/c1-10(2)11(9-14(19-4)16(3,17)18)15-20-12-7-5-6-8-13(12)21-15/h9-10H,5-8H2,1-4H3/b11-9+,19-14?. The van der Waals surface area contributed by atoms with Crippen molar-refractivity contribution in [3.63, 3.8) is 0 Å². The van der Waals surface area contributed by atoms with Gasteiger partial charge in [0.25, 0.3) is 5.92 Å². The molecule has 0 atom stereocenters. The van der Waals surface area contributed by atoms with Gasteiger partial charge in [0.1, 0.15) is 11.5 Å². The second-order valence-electron chi connectivity index (χ2n) is 5.85. The van der Waals surface area contributed by atoms with Gasteiger partial charge in [0.05, 0.1) is 5.69 Å². The molecule has 21 heavy (non-hydrogen) atoms. The van der Waals surface area contributed by atoms with Crippen LogP contribution in [-0.4, -0.2) is 23.7 Å². The lowest BCUT2D eigenvalue weighted by Gasteiger charge is -2.13. The topological polar surface area (TPSA) is 38.4 Å². The van der Waals surface area contributed by atoms with Crippen molar-refractivity contribution in [3.05, 3.63) is 23.4 Å². The van der Waals surface area contributed by atoms with E-state index in [1.165, 1.54) is 13.1 Å². The molecule has 0 unspecified atom stereocenters. The number of aromatic nitrogens is 1. The minimum Gasteiger partial charge on any atom is -0.441 e. The molecule has 0 amide bonds. The van der Waals surface area contributed by atoms with Crippen LogP contribution in [0.3, 0.4) is 0 Å². The summed E-state index contributed by atoms with van der Waals surface area (Å²) in [6, 6.07) is 0. The minimum absolute atomic E-state index is 0.0317. The highest BCUT2D eigenvalue weighted by atomic mass is 19.3. The molecule has 0 fully saturated rings. The molecule has 0 radical (unpaired) electrons. The lowest BCUT2D eigenvalue weighted by Crippen LogP contribution is -2.23. The Morgan fingerprint density at radius 3 is 2.52 bits per heavy atom. The smallest absolute Gasteiger partial charge is 0.286 e. The normalized spacial score (nSPS) is 17.3. The molecule has 1 aliphatic rings. The molecule has 1 aromatic heterocycles. The molecule has 0 aliphatic heterocycles. The van der Waals surface area contributed by atoms with E-state index in [0.717, 1.165) is 44.1 Å². The summed E-state index contributed by atoms with van der Waals surface area (Å²) in [6.07, 6.45) is 5.41. The highest BCUT2D eigenvalue weighted by Crippen LogP contribution is 2.30. The van der Waals surface area contributed by atoms with Gasteiger partial charge in [-0.25, -0.2) is 4.98 Å². The van der Waals surface area contributed by atoms with Crippen molar-refractivity contribution >= 4 is 11.3 Å². The van der Waals surface area contributed by atoms with E-state index >= 15 is 0 Å². The quantitative estimate of drug-likeness (QED) is 0.776. The van der Waals surface area contributed by atoms with Crippen molar-refractivity contribution in [1.29, 1.82) is 0 Å². The van der Waals surface area contributed by atoms with Crippen LogP contribution in [0.1, 0.15) is 51.0 Å². The number of fused-ring (bicyclic) bond motifs is 1. The summed E-state index contributed by atoms with van der Waals surface area (Å²) < 4.78 is 32.9. The summed E-state index contributed by atoms with van der Waals surface area (Å²) in [6.45, 7) is 4.73. The summed E-state index contributed by atoms with van der Waals surface area (Å²) in [4.78, 5) is 8.22. The maximum absolute atomic E-state index is 13.5. The van der Waals surface area contributed by atoms with Crippen LogP contribution < -0.4 is 0 Å². The number of aliphatic imine (C=N–C) groups is 1. The third-order valence-corrected chi connectivity index (χ3v) is 3.70. The third kappa shape index (κ3) is 3.57. The SMILES string of the molecule is CN=C(/C=C(/c1nc2c(o1)CCCC2)C(C)C)C(C)(F)F. The number of alkyl halides is 2. The Bertz CT molecular complexity index is 542. The molecule has 116 valence electrons. The van der Waals surface area contributed by atoms with E-state index in [9.17, 15) is 8.78 Å². The van der Waals surface area contributed by atoms with E-state index in [-0.39, 0.29) is 11.6 Å². The molecule has 5 heteroatoms. The molecule has 0 bridgehead atoms. The Kier molecular flexibility index (Phi) is 4.59. The molecular weight excluding hydrogens is 274 g/mol. The summed E-state index contributed by atoms with van der Waals surface area (Å²) >= 11 is 0. The largest absolute Gasteiger partial charge is 0.441 e. The fraction of sp³-hybridized carbons (Fsp3) is 0.625. The molecule has 0 saturated heterocycles. The van der Waals surface area contributed by atoms with Crippen molar-refractivity contribution in [1.82, 2.24) is 4.98 Å². The predicted molar refractivity (Wildman–Crippen MR) is 79.9 cm³/mol. The summed E-state index contributed by atoms with van der Waals surface area (Å²) in [7, 11) is 1.38. The summed E-state index contributed by atoms with van der Waals surface area (Å²) in [5, 5.41) is 0. The fourth-order valence-electron chi connectivity index (χ4n) is 2.49. The lowest BCUT2D eigenvalue weighted by molar-refractivity contribution is 0.102. The van der Waals surface area contributed by atoms with Crippen molar-refractivity contribution in [2.45, 2.75) is 52.4 Å². The van der Waals surface area contributed by atoms with E-state index in [1.54, 1.807) is 0 Å². The van der Waals surface area contributed by atoms with Gasteiger partial charge in [0, 0.05) is 26.0 Å². The molecule has 1 aliphatic carbocycles. The second kappa shape index (κ2) is 6.08. The van der Waals surface area contributed by atoms with Crippen LogP contribution in [0.2, 0.25) is 0 Å². The first-order valence-corrected chi connectivity index (χ1v) is 7.38. The zero-order valence-corrected chi connectivity index (χ0v) is 13.0. The van der Waals surface area contributed by atoms with Gasteiger partial charge in [-0.2, -0.15) is 8.78 Å². The van der Waals surface area contributed by atoms with Crippen LogP contribution in [0.25, 0.3) is 5.57 Å². The maximum Gasteiger partial charge on any atom is 0.286 e. The van der Waals surface area contributed by atoms with Crippen LogP contribution in [0.5, 0.6) is 0 Å². The molecule has 0 saturated carbocycles. The molecule has 1 heterocycles. The molecule has 1 aromatic rings. The van der Waals surface area contributed by atoms with Gasteiger partial charge in [0.15, 0.2) is 0 Å². The number of aryl methyl sites for hydroxylation is 2. The molecule has 0 N–H and O–H groups in total. The second-order valence-corrected chi connectivity index (χ2v) is 5.85. The van der Waals surface area contributed by atoms with Gasteiger partial charge in [-0.15, -0.1) is 0 Å². The van der Waals surface area contributed by atoms with Crippen LogP contribution in [-0.2, 0) is 12.8 Å². The summed E-state index contributed by atoms with van der Waals surface area (Å²) in [5.41, 5.74) is 1.40. The number of hydrogen-bond acceptors (Lipinski definition) is 3. The monoisotopic (exact) mass is 296 g/mol. The first-order chi connectivity index (χ1) is 9.82. The van der Waals surface area contributed by atoms with E-state index in [0.29, 0.717) is 11.5 Å². The van der Waals surface area contributed by atoms with E-state index < -0.39 is 5.92 Å². The number of allylic oxidation sites excluding steroid dienone is 2. The Hall–Kier alpha value is -1.52. The van der Waals surface area contributed by atoms with E-state index in [2.05, 4.69) is 9.98 Å². The van der Waals surface area contributed by atoms with E-state index in [1.807, 2.05) is 13.8 Å². The average molecular weight is 296 g/mol. The van der Waals surface area contributed by atoms with Gasteiger partial charge in [-0.1, -0.05) is 13.8 Å². The summed E-state index contributed by atoms with van der Waals surface area (Å²) in [5.74, 6) is -1.58. The zero-order valence-electron chi connectivity index (χ0n) is 13.0. The first kappa shape index (κ1) is 15.9. The Balaban J connectivity index is 2.42. The van der Waals surface area contributed by atoms with Crippen LogP contribution in [0, 0.1) is 5.92 Å². The number of oxazole rings is 1. The molecule has 2 rings (SSSR count). The Labute approximate surface area is 124 Å². The van der Waals surface area contributed by atoms with Crippen LogP contribution >= 0.6 is 0 Å². The third-order valence-electron chi connectivity index (χ3n) is 3.70. The Morgan fingerprint density at radius 1 is 1.33 bits per heavy atom. The van der Waals surface area contributed by atoms with Crippen LogP contribution in [0.15, 0.2) is 15.5 Å². The Morgan fingerprint density at radius 2 is 2.00 bits per heavy atom. The molecule has 0 spiro atoms. The first-order valence-electron chi connectivity index (χ1n) is 7.38. The molecule has 3 nitrogen and oxygen atoms in total. The highest BCUT2D eigenvalue weighted by molar-refractivity contribution is 6.04. The van der Waals surface area contributed by atoms with Gasteiger partial charge >= 0.3 is 0 Å². The zero-order chi connectivity index (χ0) is 15.6. The number of halogens is 2. The van der Waals surface area contributed by atoms with Crippen molar-refractivity contribution < 1.29 is 13.2 Å². The van der Waals surface area contributed by atoms with Gasteiger partial charge in [-0.3, -0.25) is 4.99 Å². The van der Waals surface area contributed by atoms with Crippen LogP contribution in [0.4, 0.5) is 8.78 Å². The fourth-order valence-corrected chi connectivity index (χ4v) is 2.49. The molecular formula is C16H22F2N2O. The number of nitrogens with zero attached hydrogens (tertiary/aromatic N) is 2. The minimum atomic E-state index is -2.97. The predicted octanol–water partition coefficient (Wildman–Crippen LogP) is 4.32. The maximum atomic E-state index is 13.5. The van der Waals surface area contributed by atoms with Gasteiger partial charge in [-0.05, 0) is 31.3 Å². The van der Waals surface area contributed by atoms with Gasteiger partial charge < -0.3 is 4.42 Å². The van der Waals surface area contributed by atoms with E-state index in [4.69, 9.17) is 4.42 Å². The number of rotatable bonds is 4. The van der Waals surface area contributed by atoms with Crippen molar-refractivity contribution in [3.8, 4) is 0 Å². The highest BCUT2D eigenvalue weighted by Gasteiger charge is 2.29. The van der Waals surface area contributed by atoms with Crippen molar-refractivity contribution in [2.24, 2.45) is 10.9 Å². The van der Waals surface area contributed by atoms with Gasteiger partial charge in [0.2, 0.25) is 5.89 Å². The molecule has 0 aromatic carbocycles.